The van der Waals surface area contributed by atoms with Gasteiger partial charge in [-0.05, 0) is 50.1 Å². The lowest BCUT2D eigenvalue weighted by Crippen LogP contribution is -2.48. The highest BCUT2D eigenvalue weighted by Gasteiger charge is 2.27. The van der Waals surface area contributed by atoms with Crippen molar-refractivity contribution in [3.05, 3.63) is 24.3 Å². The standard InChI is InChI=1S/C14H23N3O2S/c1-11-4-3-9-17(14(11)10-15)12-5-7-13(8-6-12)20(18,19)16-2/h5-8,11,14,16H,3-4,9-10,15H2,1-2H3. The molecule has 5 nitrogen and oxygen atoms in total. The predicted octanol–water partition coefficient (Wildman–Crippen LogP) is 1.16. The summed E-state index contributed by atoms with van der Waals surface area (Å²) in [5.41, 5.74) is 6.94. The van der Waals surface area contributed by atoms with E-state index in [-0.39, 0.29) is 4.90 Å². The number of benzene rings is 1. The van der Waals surface area contributed by atoms with Gasteiger partial charge < -0.3 is 10.6 Å². The number of nitrogens with one attached hydrogen (secondary N) is 1. The third-order valence-electron chi connectivity index (χ3n) is 4.10. The molecule has 0 aromatic heterocycles. The van der Waals surface area contributed by atoms with Gasteiger partial charge in [-0.3, -0.25) is 0 Å². The number of piperidine rings is 1. The molecule has 0 spiro atoms. The Hall–Kier alpha value is -1.11. The molecule has 0 aliphatic carbocycles. The van der Waals surface area contributed by atoms with Crippen LogP contribution in [-0.2, 0) is 10.0 Å². The van der Waals surface area contributed by atoms with Crippen LogP contribution in [0.3, 0.4) is 0 Å². The van der Waals surface area contributed by atoms with E-state index in [1.165, 1.54) is 13.5 Å². The second-order valence-corrected chi connectivity index (χ2v) is 7.20. The zero-order valence-electron chi connectivity index (χ0n) is 12.0. The number of anilines is 1. The molecule has 20 heavy (non-hydrogen) atoms. The zero-order valence-corrected chi connectivity index (χ0v) is 12.9. The molecular weight excluding hydrogens is 274 g/mol. The lowest BCUT2D eigenvalue weighted by atomic mass is 9.90. The molecule has 1 saturated heterocycles. The number of nitrogens with zero attached hydrogens (tertiary/aromatic N) is 1. The topological polar surface area (TPSA) is 75.4 Å². The first-order valence-corrected chi connectivity index (χ1v) is 8.48. The first kappa shape index (κ1) is 15.3. The number of hydrogen-bond acceptors (Lipinski definition) is 4. The van der Waals surface area contributed by atoms with Crippen molar-refractivity contribution < 1.29 is 8.42 Å². The first-order valence-electron chi connectivity index (χ1n) is 7.00. The van der Waals surface area contributed by atoms with Crippen LogP contribution in [0, 0.1) is 5.92 Å². The Bertz CT molecular complexity index is 542. The smallest absolute Gasteiger partial charge is 0.240 e. The number of nitrogens with two attached hydrogens (primary N) is 1. The SMILES string of the molecule is CNS(=O)(=O)c1ccc(N2CCCC(C)C2CN)cc1. The van der Waals surface area contributed by atoms with Crippen molar-refractivity contribution in [1.29, 1.82) is 0 Å². The normalized spacial score (nSPS) is 23.9. The minimum atomic E-state index is -3.37. The van der Waals surface area contributed by atoms with Crippen LogP contribution in [0.2, 0.25) is 0 Å². The van der Waals surface area contributed by atoms with Crippen LogP contribution < -0.4 is 15.4 Å². The van der Waals surface area contributed by atoms with Gasteiger partial charge in [-0.15, -0.1) is 0 Å². The molecule has 6 heteroatoms. The number of hydrogen-bond donors (Lipinski definition) is 2. The van der Waals surface area contributed by atoms with Crippen molar-refractivity contribution in [1.82, 2.24) is 4.72 Å². The second-order valence-electron chi connectivity index (χ2n) is 5.32. The van der Waals surface area contributed by atoms with Crippen LogP contribution >= 0.6 is 0 Å². The maximum atomic E-state index is 11.7. The summed E-state index contributed by atoms with van der Waals surface area (Å²) in [6, 6.07) is 7.35. The van der Waals surface area contributed by atoms with Gasteiger partial charge >= 0.3 is 0 Å². The fourth-order valence-corrected chi connectivity index (χ4v) is 3.59. The van der Waals surface area contributed by atoms with Crippen LogP contribution in [0.25, 0.3) is 0 Å². The molecule has 0 radical (unpaired) electrons. The number of sulfonamides is 1. The van der Waals surface area contributed by atoms with Crippen LogP contribution in [0.1, 0.15) is 19.8 Å². The summed E-state index contributed by atoms with van der Waals surface area (Å²) in [6.07, 6.45) is 2.35. The van der Waals surface area contributed by atoms with E-state index < -0.39 is 10.0 Å². The molecule has 2 atom stereocenters. The van der Waals surface area contributed by atoms with E-state index in [0.717, 1.165) is 18.7 Å². The quantitative estimate of drug-likeness (QED) is 0.874. The molecule has 1 aliphatic heterocycles. The van der Waals surface area contributed by atoms with Gasteiger partial charge in [-0.25, -0.2) is 13.1 Å². The summed E-state index contributed by atoms with van der Waals surface area (Å²) >= 11 is 0. The van der Waals surface area contributed by atoms with E-state index in [4.69, 9.17) is 5.73 Å². The molecule has 1 aromatic carbocycles. The van der Waals surface area contributed by atoms with Gasteiger partial charge in [0.1, 0.15) is 0 Å². The Morgan fingerprint density at radius 2 is 2.00 bits per heavy atom. The molecule has 3 N–H and O–H groups in total. The highest BCUT2D eigenvalue weighted by atomic mass is 32.2. The van der Waals surface area contributed by atoms with E-state index in [9.17, 15) is 8.42 Å². The summed E-state index contributed by atoms with van der Waals surface area (Å²) in [4.78, 5) is 2.59. The largest absolute Gasteiger partial charge is 0.367 e. The van der Waals surface area contributed by atoms with Crippen LogP contribution in [-0.4, -0.2) is 34.6 Å². The van der Waals surface area contributed by atoms with E-state index >= 15 is 0 Å². The maximum Gasteiger partial charge on any atom is 0.240 e. The molecule has 1 aliphatic rings. The zero-order chi connectivity index (χ0) is 14.8. The van der Waals surface area contributed by atoms with Gasteiger partial charge in [0.2, 0.25) is 10.0 Å². The Kier molecular flexibility index (Phi) is 4.67. The van der Waals surface area contributed by atoms with E-state index in [1.54, 1.807) is 12.1 Å². The molecule has 1 aromatic rings. The van der Waals surface area contributed by atoms with Gasteiger partial charge in [-0.2, -0.15) is 0 Å². The summed E-state index contributed by atoms with van der Waals surface area (Å²) < 4.78 is 25.8. The Labute approximate surface area is 121 Å². The summed E-state index contributed by atoms with van der Waals surface area (Å²) in [5.74, 6) is 0.564. The molecular formula is C14H23N3O2S. The van der Waals surface area contributed by atoms with E-state index in [1.807, 2.05) is 12.1 Å². The van der Waals surface area contributed by atoms with Crippen molar-refractivity contribution >= 4 is 15.7 Å². The van der Waals surface area contributed by atoms with E-state index in [0.29, 0.717) is 18.5 Å². The average molecular weight is 297 g/mol. The van der Waals surface area contributed by atoms with Gasteiger partial charge in [0.25, 0.3) is 0 Å². The monoisotopic (exact) mass is 297 g/mol. The fourth-order valence-electron chi connectivity index (χ4n) is 2.86. The van der Waals surface area contributed by atoms with Crippen LogP contribution in [0.4, 0.5) is 5.69 Å². The molecule has 0 saturated carbocycles. The number of rotatable bonds is 4. The molecule has 0 bridgehead atoms. The predicted molar refractivity (Wildman–Crippen MR) is 81.3 cm³/mol. The Morgan fingerprint density at radius 1 is 1.35 bits per heavy atom. The van der Waals surface area contributed by atoms with Crippen LogP contribution in [0.5, 0.6) is 0 Å². The molecule has 0 amide bonds. The van der Waals surface area contributed by atoms with Crippen molar-refractivity contribution in [2.24, 2.45) is 11.7 Å². The van der Waals surface area contributed by atoms with Crippen molar-refractivity contribution in [2.45, 2.75) is 30.7 Å². The molecule has 1 heterocycles. The second kappa shape index (κ2) is 6.11. The van der Waals surface area contributed by atoms with Crippen molar-refractivity contribution in [3.8, 4) is 0 Å². The maximum absolute atomic E-state index is 11.7. The molecule has 112 valence electrons. The molecule has 1 fully saturated rings. The summed E-state index contributed by atoms with van der Waals surface area (Å²) in [6.45, 7) is 3.82. The Balaban J connectivity index is 2.25. The van der Waals surface area contributed by atoms with Crippen molar-refractivity contribution in [2.75, 3.05) is 25.0 Å². The van der Waals surface area contributed by atoms with Gasteiger partial charge in [0, 0.05) is 24.8 Å². The van der Waals surface area contributed by atoms with Gasteiger partial charge in [0.15, 0.2) is 0 Å². The minimum Gasteiger partial charge on any atom is -0.367 e. The van der Waals surface area contributed by atoms with E-state index in [2.05, 4.69) is 16.5 Å². The molecule has 2 rings (SSSR count). The third kappa shape index (κ3) is 2.97. The highest BCUT2D eigenvalue weighted by Crippen LogP contribution is 2.28. The highest BCUT2D eigenvalue weighted by molar-refractivity contribution is 7.89. The first-order chi connectivity index (χ1) is 9.49. The fraction of sp³-hybridized carbons (Fsp3) is 0.571. The summed E-state index contributed by atoms with van der Waals surface area (Å²) in [7, 11) is -1.95. The molecule has 2 unspecified atom stereocenters. The summed E-state index contributed by atoms with van der Waals surface area (Å²) in [5, 5.41) is 0. The van der Waals surface area contributed by atoms with Crippen molar-refractivity contribution in [3.63, 3.8) is 0 Å². The van der Waals surface area contributed by atoms with Crippen LogP contribution in [0.15, 0.2) is 29.2 Å². The van der Waals surface area contributed by atoms with Gasteiger partial charge in [0.05, 0.1) is 4.90 Å². The minimum absolute atomic E-state index is 0.290. The Morgan fingerprint density at radius 3 is 2.55 bits per heavy atom. The average Bonchev–Trinajstić information content (AvgIpc) is 2.47. The van der Waals surface area contributed by atoms with Gasteiger partial charge in [-0.1, -0.05) is 6.92 Å². The third-order valence-corrected chi connectivity index (χ3v) is 5.53. The lowest BCUT2D eigenvalue weighted by Gasteiger charge is -2.41. The lowest BCUT2D eigenvalue weighted by molar-refractivity contribution is 0.350.